The minimum atomic E-state index is -0.123. The number of para-hydroxylation sites is 1. The highest BCUT2D eigenvalue weighted by atomic mass is 16.5. The van der Waals surface area contributed by atoms with E-state index in [0.29, 0.717) is 18.0 Å². The molecule has 126 valence electrons. The Morgan fingerprint density at radius 3 is 2.96 bits per heavy atom. The topological polar surface area (TPSA) is 79.9 Å². The third kappa shape index (κ3) is 3.24. The lowest BCUT2D eigenvalue weighted by atomic mass is 10.0. The first-order chi connectivity index (χ1) is 12.2. The third-order valence-electron chi connectivity index (χ3n) is 4.19. The van der Waals surface area contributed by atoms with Crippen LogP contribution in [0.3, 0.4) is 0 Å². The summed E-state index contributed by atoms with van der Waals surface area (Å²) in [5, 5.41) is 10.00. The molecule has 0 saturated carbocycles. The third-order valence-corrected chi connectivity index (χ3v) is 4.19. The number of amides is 1. The fourth-order valence-electron chi connectivity index (χ4n) is 2.96. The molecule has 0 aliphatic carbocycles. The molecule has 0 spiro atoms. The Hall–Kier alpha value is -3.15. The number of rotatable bonds is 3. The van der Waals surface area contributed by atoms with Gasteiger partial charge in [0.15, 0.2) is 5.82 Å². The van der Waals surface area contributed by atoms with Gasteiger partial charge in [0.05, 0.1) is 6.04 Å². The molecule has 0 saturated heterocycles. The predicted molar refractivity (Wildman–Crippen MR) is 93.5 cm³/mol. The standard InChI is InChI=1S/C19H18N4O2/c1-12-20-18(23-22-12)14-6-4-7-15(9-14)19(24)21-16-10-13-5-2-3-8-17(13)25-11-16/h2-9,16H,10-11H2,1H3,(H,21,24)(H,20,22,23). The Balaban J connectivity index is 1.49. The molecule has 0 fully saturated rings. The van der Waals surface area contributed by atoms with Crippen molar-refractivity contribution in [2.24, 2.45) is 0 Å². The first-order valence-corrected chi connectivity index (χ1v) is 8.20. The Morgan fingerprint density at radius 1 is 1.24 bits per heavy atom. The minimum Gasteiger partial charge on any atom is -0.491 e. The van der Waals surface area contributed by atoms with Gasteiger partial charge >= 0.3 is 0 Å². The molecular formula is C19H18N4O2. The second kappa shape index (κ2) is 6.39. The van der Waals surface area contributed by atoms with Crippen LogP contribution in [0.5, 0.6) is 5.75 Å². The summed E-state index contributed by atoms with van der Waals surface area (Å²) in [4.78, 5) is 16.9. The number of aromatic amines is 1. The molecule has 1 amide bonds. The van der Waals surface area contributed by atoms with E-state index in [2.05, 4.69) is 20.5 Å². The number of carbonyl (C=O) groups excluding carboxylic acids is 1. The molecule has 1 unspecified atom stereocenters. The Bertz CT molecular complexity index is 919. The van der Waals surface area contributed by atoms with Crippen molar-refractivity contribution in [3.05, 3.63) is 65.5 Å². The van der Waals surface area contributed by atoms with Gasteiger partial charge in [-0.2, -0.15) is 5.10 Å². The largest absolute Gasteiger partial charge is 0.491 e. The molecule has 4 rings (SSSR count). The summed E-state index contributed by atoms with van der Waals surface area (Å²) < 4.78 is 5.73. The first-order valence-electron chi connectivity index (χ1n) is 8.20. The van der Waals surface area contributed by atoms with Crippen molar-refractivity contribution in [3.8, 4) is 17.1 Å². The van der Waals surface area contributed by atoms with Gasteiger partial charge in [0.2, 0.25) is 0 Å². The minimum absolute atomic E-state index is 0.0446. The summed E-state index contributed by atoms with van der Waals surface area (Å²) in [5.74, 6) is 2.10. The first kappa shape index (κ1) is 15.4. The molecule has 2 heterocycles. The van der Waals surface area contributed by atoms with E-state index in [9.17, 15) is 4.79 Å². The fraction of sp³-hybridized carbons (Fsp3) is 0.211. The van der Waals surface area contributed by atoms with Crippen LogP contribution in [0.4, 0.5) is 0 Å². The predicted octanol–water partition coefficient (Wildman–Crippen LogP) is 2.51. The molecule has 0 radical (unpaired) electrons. The van der Waals surface area contributed by atoms with Crippen LogP contribution in [-0.4, -0.2) is 33.7 Å². The Labute approximate surface area is 145 Å². The van der Waals surface area contributed by atoms with Gasteiger partial charge in [0, 0.05) is 11.1 Å². The van der Waals surface area contributed by atoms with Gasteiger partial charge in [-0.25, -0.2) is 4.98 Å². The second-order valence-corrected chi connectivity index (χ2v) is 6.12. The molecule has 1 atom stereocenters. The molecule has 2 N–H and O–H groups in total. The summed E-state index contributed by atoms with van der Waals surface area (Å²) in [5.41, 5.74) is 2.50. The van der Waals surface area contributed by atoms with Crippen LogP contribution >= 0.6 is 0 Å². The van der Waals surface area contributed by atoms with E-state index in [1.807, 2.05) is 43.3 Å². The van der Waals surface area contributed by atoms with Gasteiger partial charge in [-0.3, -0.25) is 9.89 Å². The molecule has 2 aromatic carbocycles. The maximum atomic E-state index is 12.6. The zero-order valence-corrected chi connectivity index (χ0v) is 13.8. The highest BCUT2D eigenvalue weighted by Gasteiger charge is 2.21. The lowest BCUT2D eigenvalue weighted by Crippen LogP contribution is -2.42. The maximum Gasteiger partial charge on any atom is 0.251 e. The molecular weight excluding hydrogens is 316 g/mol. The van der Waals surface area contributed by atoms with Crippen LogP contribution < -0.4 is 10.1 Å². The zero-order valence-electron chi connectivity index (χ0n) is 13.8. The van der Waals surface area contributed by atoms with Gasteiger partial charge in [-0.15, -0.1) is 0 Å². The SMILES string of the molecule is Cc1nc(-c2cccc(C(=O)NC3COc4ccccc4C3)c2)n[nH]1. The molecule has 6 heteroatoms. The van der Waals surface area contributed by atoms with Crippen molar-refractivity contribution in [2.45, 2.75) is 19.4 Å². The van der Waals surface area contributed by atoms with E-state index in [1.165, 1.54) is 0 Å². The quantitative estimate of drug-likeness (QED) is 0.771. The van der Waals surface area contributed by atoms with Crippen molar-refractivity contribution in [2.75, 3.05) is 6.61 Å². The number of H-pyrrole nitrogens is 1. The molecule has 1 aliphatic rings. The number of benzene rings is 2. The van der Waals surface area contributed by atoms with Crippen LogP contribution in [0.2, 0.25) is 0 Å². The Morgan fingerprint density at radius 2 is 2.12 bits per heavy atom. The smallest absolute Gasteiger partial charge is 0.251 e. The number of hydrogen-bond acceptors (Lipinski definition) is 4. The zero-order chi connectivity index (χ0) is 17.2. The van der Waals surface area contributed by atoms with Crippen LogP contribution in [0.1, 0.15) is 21.7 Å². The van der Waals surface area contributed by atoms with Gasteiger partial charge < -0.3 is 10.1 Å². The maximum absolute atomic E-state index is 12.6. The average Bonchev–Trinajstić information content (AvgIpc) is 3.08. The Kier molecular flexibility index (Phi) is 3.93. The van der Waals surface area contributed by atoms with Gasteiger partial charge in [0.1, 0.15) is 18.2 Å². The highest BCUT2D eigenvalue weighted by molar-refractivity contribution is 5.95. The number of fused-ring (bicyclic) bond motifs is 1. The van der Waals surface area contributed by atoms with Crippen LogP contribution in [-0.2, 0) is 6.42 Å². The van der Waals surface area contributed by atoms with Gasteiger partial charge in [-0.1, -0.05) is 30.3 Å². The summed E-state index contributed by atoms with van der Waals surface area (Å²) in [7, 11) is 0. The molecule has 25 heavy (non-hydrogen) atoms. The number of nitrogens with zero attached hydrogens (tertiary/aromatic N) is 2. The highest BCUT2D eigenvalue weighted by Crippen LogP contribution is 2.24. The average molecular weight is 334 g/mol. The second-order valence-electron chi connectivity index (χ2n) is 6.12. The molecule has 3 aromatic rings. The number of aromatic nitrogens is 3. The normalized spacial score (nSPS) is 16.0. The number of nitrogens with one attached hydrogen (secondary N) is 2. The number of aryl methyl sites for hydroxylation is 1. The van der Waals surface area contributed by atoms with E-state index in [4.69, 9.17) is 4.74 Å². The number of hydrogen-bond donors (Lipinski definition) is 2. The van der Waals surface area contributed by atoms with E-state index >= 15 is 0 Å². The molecule has 6 nitrogen and oxygen atoms in total. The van der Waals surface area contributed by atoms with Crippen molar-refractivity contribution >= 4 is 5.91 Å². The summed E-state index contributed by atoms with van der Waals surface area (Å²) in [6, 6.07) is 15.2. The van der Waals surface area contributed by atoms with Crippen molar-refractivity contribution in [3.63, 3.8) is 0 Å². The van der Waals surface area contributed by atoms with E-state index in [0.717, 1.165) is 29.1 Å². The van der Waals surface area contributed by atoms with Gasteiger partial charge in [-0.05, 0) is 37.1 Å². The van der Waals surface area contributed by atoms with Crippen LogP contribution in [0.25, 0.3) is 11.4 Å². The van der Waals surface area contributed by atoms with Crippen molar-refractivity contribution < 1.29 is 9.53 Å². The molecule has 1 aromatic heterocycles. The van der Waals surface area contributed by atoms with Crippen LogP contribution in [0.15, 0.2) is 48.5 Å². The lowest BCUT2D eigenvalue weighted by molar-refractivity contribution is 0.0915. The fourth-order valence-corrected chi connectivity index (χ4v) is 2.96. The molecule has 1 aliphatic heterocycles. The summed E-state index contributed by atoms with van der Waals surface area (Å²) >= 11 is 0. The summed E-state index contributed by atoms with van der Waals surface area (Å²) in [6.45, 7) is 2.32. The van der Waals surface area contributed by atoms with E-state index < -0.39 is 0 Å². The van der Waals surface area contributed by atoms with Gasteiger partial charge in [0.25, 0.3) is 5.91 Å². The van der Waals surface area contributed by atoms with Crippen molar-refractivity contribution in [1.29, 1.82) is 0 Å². The monoisotopic (exact) mass is 334 g/mol. The van der Waals surface area contributed by atoms with E-state index in [-0.39, 0.29) is 11.9 Å². The van der Waals surface area contributed by atoms with Crippen molar-refractivity contribution in [1.82, 2.24) is 20.5 Å². The molecule has 0 bridgehead atoms. The number of ether oxygens (including phenoxy) is 1. The number of carbonyl (C=O) groups is 1. The van der Waals surface area contributed by atoms with Crippen LogP contribution in [0, 0.1) is 6.92 Å². The lowest BCUT2D eigenvalue weighted by Gasteiger charge is -2.26. The summed E-state index contributed by atoms with van der Waals surface area (Å²) in [6.07, 6.45) is 0.766. The van der Waals surface area contributed by atoms with E-state index in [1.54, 1.807) is 12.1 Å².